The molecule has 7 nitrogen and oxygen atoms in total. The summed E-state index contributed by atoms with van der Waals surface area (Å²) in [4.78, 5) is 33.5. The average Bonchev–Trinajstić information content (AvgIpc) is 3.36. The molecule has 1 aromatic carbocycles. The van der Waals surface area contributed by atoms with Gasteiger partial charge in [-0.2, -0.15) is 0 Å². The van der Waals surface area contributed by atoms with Gasteiger partial charge in [-0.05, 0) is 48.0 Å². The molecule has 2 aromatic heterocycles. The maximum Gasteiger partial charge on any atom is 0.294 e. The van der Waals surface area contributed by atoms with Crippen LogP contribution < -0.4 is 9.80 Å². The van der Waals surface area contributed by atoms with Crippen LogP contribution in [0.4, 0.5) is 11.4 Å². The fourth-order valence-corrected chi connectivity index (χ4v) is 3.41. The fourth-order valence-electron chi connectivity index (χ4n) is 3.41. The Morgan fingerprint density at radius 1 is 1.14 bits per heavy atom. The van der Waals surface area contributed by atoms with Gasteiger partial charge in [-0.1, -0.05) is 6.07 Å². The largest absolute Gasteiger partial charge is 0.503 e. The van der Waals surface area contributed by atoms with Crippen LogP contribution in [0.15, 0.2) is 82.9 Å². The van der Waals surface area contributed by atoms with Crippen LogP contribution in [-0.4, -0.2) is 35.9 Å². The van der Waals surface area contributed by atoms with Gasteiger partial charge in [0.15, 0.2) is 11.5 Å². The first-order valence-electron chi connectivity index (χ1n) is 9.01. The standard InChI is InChI=1S/C22H19N3O4/c1-24(2)15-7-9-16(10-8-15)25-19(14-5-3-11-23-13-14)18(21(27)22(25)28)20(26)17-6-4-12-29-17/h3-13,19,27H,1-2H3. The van der Waals surface area contributed by atoms with E-state index in [1.807, 2.05) is 31.1 Å². The minimum Gasteiger partial charge on any atom is -0.503 e. The van der Waals surface area contributed by atoms with Crippen molar-refractivity contribution in [3.05, 3.63) is 89.8 Å². The van der Waals surface area contributed by atoms with E-state index in [9.17, 15) is 14.7 Å². The summed E-state index contributed by atoms with van der Waals surface area (Å²) < 4.78 is 5.21. The van der Waals surface area contributed by atoms with Crippen LogP contribution in [0.1, 0.15) is 22.2 Å². The summed E-state index contributed by atoms with van der Waals surface area (Å²) in [6.45, 7) is 0. The molecule has 1 aliphatic rings. The topological polar surface area (TPSA) is 86.9 Å². The van der Waals surface area contributed by atoms with E-state index < -0.39 is 23.5 Å². The Balaban J connectivity index is 1.83. The highest BCUT2D eigenvalue weighted by atomic mass is 16.3. The second-order valence-electron chi connectivity index (χ2n) is 6.84. The van der Waals surface area contributed by atoms with Gasteiger partial charge in [-0.15, -0.1) is 0 Å². The summed E-state index contributed by atoms with van der Waals surface area (Å²) in [5, 5.41) is 10.6. The van der Waals surface area contributed by atoms with Gasteiger partial charge in [0.05, 0.1) is 17.9 Å². The van der Waals surface area contributed by atoms with E-state index in [0.29, 0.717) is 11.3 Å². The molecule has 1 atom stereocenters. The molecule has 1 unspecified atom stereocenters. The smallest absolute Gasteiger partial charge is 0.294 e. The number of carbonyl (C=O) groups excluding carboxylic acids is 2. The first-order chi connectivity index (χ1) is 14.0. The molecule has 0 aliphatic carbocycles. The van der Waals surface area contributed by atoms with Crippen LogP contribution >= 0.6 is 0 Å². The molecule has 146 valence electrons. The number of benzene rings is 1. The molecule has 3 aromatic rings. The SMILES string of the molecule is CN(C)c1ccc(N2C(=O)C(O)=C(C(=O)c3ccco3)C2c2cccnc2)cc1. The third-order valence-corrected chi connectivity index (χ3v) is 4.84. The van der Waals surface area contributed by atoms with Gasteiger partial charge in [-0.25, -0.2) is 0 Å². The molecule has 0 saturated heterocycles. The summed E-state index contributed by atoms with van der Waals surface area (Å²) in [5.41, 5.74) is 2.09. The summed E-state index contributed by atoms with van der Waals surface area (Å²) in [6, 6.07) is 13.0. The maximum atomic E-state index is 13.1. The van der Waals surface area contributed by atoms with Crippen molar-refractivity contribution in [1.82, 2.24) is 4.98 Å². The van der Waals surface area contributed by atoms with Gasteiger partial charge in [0, 0.05) is 37.9 Å². The number of nitrogens with zero attached hydrogens (tertiary/aromatic N) is 3. The Kier molecular flexibility index (Phi) is 4.64. The van der Waals surface area contributed by atoms with E-state index in [1.54, 1.807) is 42.7 Å². The number of aromatic nitrogens is 1. The van der Waals surface area contributed by atoms with E-state index in [4.69, 9.17) is 4.42 Å². The number of Topliss-reactive ketones (excluding diaryl/α,β-unsaturated/α-hetero) is 1. The highest BCUT2D eigenvalue weighted by molar-refractivity contribution is 6.20. The summed E-state index contributed by atoms with van der Waals surface area (Å²) in [7, 11) is 3.84. The number of furan rings is 1. The lowest BCUT2D eigenvalue weighted by molar-refractivity contribution is -0.117. The van der Waals surface area contributed by atoms with Gasteiger partial charge in [0.25, 0.3) is 5.91 Å². The van der Waals surface area contributed by atoms with E-state index in [0.717, 1.165) is 5.69 Å². The molecule has 1 N–H and O–H groups in total. The predicted octanol–water partition coefficient (Wildman–Crippen LogP) is 3.52. The van der Waals surface area contributed by atoms with Crippen molar-refractivity contribution in [3.8, 4) is 0 Å². The number of amides is 1. The Bertz CT molecular complexity index is 1070. The molecule has 0 fully saturated rings. The molecule has 1 amide bonds. The first-order valence-corrected chi connectivity index (χ1v) is 9.01. The van der Waals surface area contributed by atoms with E-state index in [2.05, 4.69) is 4.98 Å². The van der Waals surface area contributed by atoms with Crippen molar-refractivity contribution in [2.75, 3.05) is 23.9 Å². The van der Waals surface area contributed by atoms with Crippen molar-refractivity contribution in [3.63, 3.8) is 0 Å². The van der Waals surface area contributed by atoms with Gasteiger partial charge >= 0.3 is 0 Å². The zero-order valence-corrected chi connectivity index (χ0v) is 15.9. The Morgan fingerprint density at radius 3 is 2.48 bits per heavy atom. The van der Waals surface area contributed by atoms with Gasteiger partial charge in [0.2, 0.25) is 5.78 Å². The molecule has 1 aliphatic heterocycles. The van der Waals surface area contributed by atoms with Crippen molar-refractivity contribution >= 4 is 23.1 Å². The Morgan fingerprint density at radius 2 is 1.90 bits per heavy atom. The number of aliphatic hydroxyl groups is 1. The number of pyridine rings is 1. The number of aliphatic hydroxyl groups excluding tert-OH is 1. The van der Waals surface area contributed by atoms with Crippen molar-refractivity contribution in [2.24, 2.45) is 0 Å². The second kappa shape index (κ2) is 7.27. The van der Waals surface area contributed by atoms with Crippen LogP contribution in [0, 0.1) is 0 Å². The molecule has 0 radical (unpaired) electrons. The molecule has 3 heterocycles. The molecule has 0 bridgehead atoms. The number of carbonyl (C=O) groups is 2. The third kappa shape index (κ3) is 3.16. The fraction of sp³-hybridized carbons (Fsp3) is 0.136. The highest BCUT2D eigenvalue weighted by Crippen LogP contribution is 2.41. The zero-order valence-electron chi connectivity index (χ0n) is 15.9. The molecular formula is C22H19N3O4. The quantitative estimate of drug-likeness (QED) is 0.672. The first kappa shape index (κ1) is 18.5. The molecule has 7 heteroatoms. The Labute approximate surface area is 167 Å². The van der Waals surface area contributed by atoms with E-state index in [-0.39, 0.29) is 11.3 Å². The van der Waals surface area contributed by atoms with Crippen molar-refractivity contribution in [1.29, 1.82) is 0 Å². The number of hydrogen-bond donors (Lipinski definition) is 1. The third-order valence-electron chi connectivity index (χ3n) is 4.84. The van der Waals surface area contributed by atoms with Crippen LogP contribution in [0.5, 0.6) is 0 Å². The molecule has 29 heavy (non-hydrogen) atoms. The summed E-state index contributed by atoms with van der Waals surface area (Å²) in [6.07, 6.45) is 4.56. The highest BCUT2D eigenvalue weighted by Gasteiger charge is 2.45. The van der Waals surface area contributed by atoms with E-state index >= 15 is 0 Å². The van der Waals surface area contributed by atoms with Crippen LogP contribution in [0.3, 0.4) is 0 Å². The molecule has 0 saturated carbocycles. The average molecular weight is 389 g/mol. The lowest BCUT2D eigenvalue weighted by Crippen LogP contribution is -2.31. The van der Waals surface area contributed by atoms with Gasteiger partial charge < -0.3 is 14.4 Å². The maximum absolute atomic E-state index is 13.1. The minimum absolute atomic E-state index is 0.0327. The number of anilines is 2. The number of ketones is 1. The van der Waals surface area contributed by atoms with E-state index in [1.165, 1.54) is 17.2 Å². The summed E-state index contributed by atoms with van der Waals surface area (Å²) in [5.74, 6) is -1.72. The van der Waals surface area contributed by atoms with Crippen LogP contribution in [-0.2, 0) is 4.79 Å². The monoisotopic (exact) mass is 389 g/mol. The Hall–Kier alpha value is -3.87. The molecule has 0 spiro atoms. The lowest BCUT2D eigenvalue weighted by Gasteiger charge is -2.27. The number of hydrogen-bond acceptors (Lipinski definition) is 6. The van der Waals surface area contributed by atoms with Gasteiger partial charge in [0.1, 0.15) is 0 Å². The predicted molar refractivity (Wildman–Crippen MR) is 108 cm³/mol. The minimum atomic E-state index is -0.820. The second-order valence-corrected chi connectivity index (χ2v) is 6.84. The van der Waals surface area contributed by atoms with Crippen molar-refractivity contribution in [2.45, 2.75) is 6.04 Å². The normalized spacial score (nSPS) is 16.4. The van der Waals surface area contributed by atoms with Gasteiger partial charge in [-0.3, -0.25) is 19.5 Å². The summed E-state index contributed by atoms with van der Waals surface area (Å²) >= 11 is 0. The van der Waals surface area contributed by atoms with Crippen molar-refractivity contribution < 1.29 is 19.1 Å². The lowest BCUT2D eigenvalue weighted by atomic mass is 9.96. The van der Waals surface area contributed by atoms with Crippen LogP contribution in [0.2, 0.25) is 0 Å². The number of rotatable bonds is 5. The van der Waals surface area contributed by atoms with Crippen LogP contribution in [0.25, 0.3) is 0 Å². The zero-order chi connectivity index (χ0) is 20.5. The molecule has 4 rings (SSSR count). The molecular weight excluding hydrogens is 370 g/mol.